The second-order valence-corrected chi connectivity index (χ2v) is 12.5. The van der Waals surface area contributed by atoms with Gasteiger partial charge in [0.1, 0.15) is 0 Å². The number of carboxylic acid groups (broad SMARTS) is 1. The maximum atomic E-state index is 14.9. The number of nitrogens with zero attached hydrogens (tertiary/aromatic N) is 1. The fraction of sp³-hybridized carbons (Fsp3) is 0.533. The molecule has 2 aliphatic carbocycles. The summed E-state index contributed by atoms with van der Waals surface area (Å²) in [7, 11) is 0. The smallest absolute Gasteiger partial charge is 0.426 e. The number of aliphatic carboxylic acids is 1. The molecule has 40 heavy (non-hydrogen) atoms. The van der Waals surface area contributed by atoms with E-state index in [0.717, 1.165) is 11.1 Å². The van der Waals surface area contributed by atoms with Crippen LogP contribution in [-0.4, -0.2) is 40.6 Å². The van der Waals surface area contributed by atoms with Crippen molar-refractivity contribution in [3.8, 4) is 0 Å². The number of rotatable bonds is 5. The minimum atomic E-state index is -5.05. The molecule has 216 valence electrons. The normalized spacial score (nSPS) is 28.0. The molecule has 1 amide bonds. The zero-order chi connectivity index (χ0) is 29.0. The zero-order valence-electron chi connectivity index (χ0n) is 22.0. The maximum absolute atomic E-state index is 14.9. The van der Waals surface area contributed by atoms with Gasteiger partial charge in [-0.05, 0) is 92.7 Å². The van der Waals surface area contributed by atoms with Crippen LogP contribution >= 0.6 is 23.2 Å². The summed E-state index contributed by atoms with van der Waals surface area (Å²) in [6.07, 6.45) is -1.06. The number of halogens is 6. The molecule has 10 heteroatoms. The minimum Gasteiger partial charge on any atom is -0.481 e. The summed E-state index contributed by atoms with van der Waals surface area (Å²) >= 11 is 12.5. The highest BCUT2D eigenvalue weighted by molar-refractivity contribution is 6.42. The SMILES string of the molecule is CC(F)(c1ccc2c(c1)CCC1N(C(=O)[C@H]3CC[C@H](C(=O)O)CC3)CCC21Cc1ccc(Cl)c(Cl)c1)C(F)(F)F. The van der Waals surface area contributed by atoms with Gasteiger partial charge in [-0.3, -0.25) is 9.59 Å². The van der Waals surface area contributed by atoms with E-state index in [1.165, 1.54) is 12.1 Å². The summed E-state index contributed by atoms with van der Waals surface area (Å²) in [5.74, 6) is -1.49. The highest BCUT2D eigenvalue weighted by atomic mass is 35.5. The van der Waals surface area contributed by atoms with Crippen molar-refractivity contribution in [1.82, 2.24) is 4.90 Å². The molecule has 3 aliphatic rings. The lowest BCUT2D eigenvalue weighted by molar-refractivity contribution is -0.228. The molecule has 2 aromatic carbocycles. The third-order valence-electron chi connectivity index (χ3n) is 9.43. The Morgan fingerprint density at radius 1 is 0.975 bits per heavy atom. The average molecular weight is 600 g/mol. The Labute approximate surface area is 240 Å². The topological polar surface area (TPSA) is 57.6 Å². The number of likely N-dealkylation sites (tertiary alicyclic amines) is 1. The molecule has 0 bridgehead atoms. The highest BCUT2D eigenvalue weighted by Crippen LogP contribution is 2.52. The van der Waals surface area contributed by atoms with E-state index < -0.39 is 34.7 Å². The fourth-order valence-corrected chi connectivity index (χ4v) is 7.44. The number of hydrogen-bond acceptors (Lipinski definition) is 2. The Balaban J connectivity index is 1.51. The molecule has 4 nitrogen and oxygen atoms in total. The van der Waals surface area contributed by atoms with Crippen molar-refractivity contribution in [2.24, 2.45) is 11.8 Å². The van der Waals surface area contributed by atoms with Gasteiger partial charge in [0.2, 0.25) is 11.6 Å². The van der Waals surface area contributed by atoms with Gasteiger partial charge >= 0.3 is 12.1 Å². The molecule has 1 aliphatic heterocycles. The molecule has 3 unspecified atom stereocenters. The zero-order valence-corrected chi connectivity index (χ0v) is 23.6. The molecule has 1 N–H and O–H groups in total. The first-order valence-corrected chi connectivity index (χ1v) is 14.4. The summed E-state index contributed by atoms with van der Waals surface area (Å²) in [6.45, 7) is 1.02. The first-order valence-electron chi connectivity index (χ1n) is 13.6. The largest absolute Gasteiger partial charge is 0.481 e. The Bertz CT molecular complexity index is 1320. The lowest BCUT2D eigenvalue weighted by Crippen LogP contribution is -2.51. The lowest BCUT2D eigenvalue weighted by atomic mass is 9.63. The van der Waals surface area contributed by atoms with Crippen LogP contribution < -0.4 is 0 Å². The van der Waals surface area contributed by atoms with Gasteiger partial charge in [-0.15, -0.1) is 0 Å². The third-order valence-corrected chi connectivity index (χ3v) is 10.2. The molecule has 2 aromatic rings. The van der Waals surface area contributed by atoms with Crippen molar-refractivity contribution in [2.75, 3.05) is 6.54 Å². The second-order valence-electron chi connectivity index (χ2n) is 11.7. The lowest BCUT2D eigenvalue weighted by Gasteiger charge is -2.45. The predicted octanol–water partition coefficient (Wildman–Crippen LogP) is 7.66. The second kappa shape index (κ2) is 10.5. The quantitative estimate of drug-likeness (QED) is 0.359. The molecule has 0 aromatic heterocycles. The first-order chi connectivity index (χ1) is 18.7. The van der Waals surface area contributed by atoms with Crippen LogP contribution in [0.3, 0.4) is 0 Å². The summed E-state index contributed by atoms with van der Waals surface area (Å²) in [5.41, 5.74) is -2.12. The monoisotopic (exact) mass is 599 g/mol. The molecule has 5 rings (SSSR count). The number of aryl methyl sites for hydroxylation is 1. The van der Waals surface area contributed by atoms with Gasteiger partial charge in [0, 0.05) is 23.9 Å². The van der Waals surface area contributed by atoms with Gasteiger partial charge in [0.15, 0.2) is 0 Å². The highest BCUT2D eigenvalue weighted by Gasteiger charge is 2.56. The van der Waals surface area contributed by atoms with Gasteiger partial charge in [-0.25, -0.2) is 4.39 Å². The van der Waals surface area contributed by atoms with E-state index in [4.69, 9.17) is 23.2 Å². The van der Waals surface area contributed by atoms with Crippen LogP contribution in [0.4, 0.5) is 17.6 Å². The van der Waals surface area contributed by atoms with E-state index >= 15 is 0 Å². The van der Waals surface area contributed by atoms with E-state index in [2.05, 4.69) is 0 Å². The Hall–Kier alpha value is -2.32. The van der Waals surface area contributed by atoms with E-state index in [-0.39, 0.29) is 17.9 Å². The van der Waals surface area contributed by atoms with Crippen LogP contribution in [0.2, 0.25) is 10.0 Å². The Kier molecular flexibility index (Phi) is 7.66. The number of carbonyl (C=O) groups is 2. The van der Waals surface area contributed by atoms with Crippen molar-refractivity contribution in [1.29, 1.82) is 0 Å². The summed E-state index contributed by atoms with van der Waals surface area (Å²) in [6, 6.07) is 9.32. The Morgan fingerprint density at radius 2 is 1.65 bits per heavy atom. The number of fused-ring (bicyclic) bond motifs is 3. The van der Waals surface area contributed by atoms with Crippen LogP contribution in [0.1, 0.15) is 67.7 Å². The number of alkyl halides is 4. The molecular weight excluding hydrogens is 569 g/mol. The molecule has 2 fully saturated rings. The van der Waals surface area contributed by atoms with Gasteiger partial charge < -0.3 is 10.0 Å². The van der Waals surface area contributed by atoms with Crippen molar-refractivity contribution in [3.05, 3.63) is 68.7 Å². The van der Waals surface area contributed by atoms with Crippen LogP contribution in [0, 0.1) is 11.8 Å². The van der Waals surface area contributed by atoms with E-state index in [9.17, 15) is 32.3 Å². The van der Waals surface area contributed by atoms with Gasteiger partial charge in [-0.2, -0.15) is 13.2 Å². The van der Waals surface area contributed by atoms with Crippen molar-refractivity contribution in [3.63, 3.8) is 0 Å². The van der Waals surface area contributed by atoms with Crippen molar-refractivity contribution in [2.45, 2.75) is 81.6 Å². The minimum absolute atomic E-state index is 0.0123. The maximum Gasteiger partial charge on any atom is 0.426 e. The van der Waals surface area contributed by atoms with Crippen LogP contribution in [-0.2, 0) is 33.5 Å². The predicted molar refractivity (Wildman–Crippen MR) is 144 cm³/mol. The molecule has 1 heterocycles. The fourth-order valence-electron chi connectivity index (χ4n) is 7.12. The standard InChI is InChI=1S/C30H31Cl2F4NO3/c1-28(33,30(34,35)36)21-8-9-22-20(15-21)7-11-25-29(22,16-17-2-10-23(31)24(32)14-17)12-13-37(25)26(38)18-3-5-19(6-4-18)27(39)40/h2,8-10,14-15,18-19,25H,3-7,11-13,16H2,1H3,(H,39,40)/t18-,19-,25?,28?,29?. The van der Waals surface area contributed by atoms with Crippen LogP contribution in [0.5, 0.6) is 0 Å². The van der Waals surface area contributed by atoms with Crippen LogP contribution in [0.15, 0.2) is 36.4 Å². The number of hydrogen-bond donors (Lipinski definition) is 1. The van der Waals surface area contributed by atoms with Gasteiger partial charge in [0.25, 0.3) is 0 Å². The van der Waals surface area contributed by atoms with Crippen molar-refractivity contribution < 1.29 is 32.3 Å². The average Bonchev–Trinajstić information content (AvgIpc) is 3.28. The summed E-state index contributed by atoms with van der Waals surface area (Å²) in [5, 5.41) is 10.1. The molecular formula is C30H31Cl2F4NO3. The number of carboxylic acids is 1. The summed E-state index contributed by atoms with van der Waals surface area (Å²) in [4.78, 5) is 27.1. The third kappa shape index (κ3) is 5.00. The van der Waals surface area contributed by atoms with E-state index in [1.54, 1.807) is 18.2 Å². The Morgan fingerprint density at radius 3 is 2.27 bits per heavy atom. The molecule has 1 saturated heterocycles. The van der Waals surface area contributed by atoms with E-state index in [0.29, 0.717) is 80.4 Å². The molecule has 1 saturated carbocycles. The number of benzene rings is 2. The molecule has 0 spiro atoms. The first kappa shape index (κ1) is 29.2. The number of carbonyl (C=O) groups excluding carboxylic acids is 1. The summed E-state index contributed by atoms with van der Waals surface area (Å²) < 4.78 is 55.4. The van der Waals surface area contributed by atoms with Crippen LogP contribution in [0.25, 0.3) is 0 Å². The molecule has 3 atom stereocenters. The number of amides is 1. The van der Waals surface area contributed by atoms with E-state index in [1.807, 2.05) is 11.0 Å². The van der Waals surface area contributed by atoms with Gasteiger partial charge in [-0.1, -0.05) is 47.5 Å². The molecule has 0 radical (unpaired) electrons. The van der Waals surface area contributed by atoms with Gasteiger partial charge in [0.05, 0.1) is 16.0 Å². The van der Waals surface area contributed by atoms with Crippen molar-refractivity contribution >= 4 is 35.1 Å².